The lowest BCUT2D eigenvalue weighted by Crippen LogP contribution is -2.10. The fourth-order valence-electron chi connectivity index (χ4n) is 4.05. The third-order valence-corrected chi connectivity index (χ3v) is 6.01. The fourth-order valence-corrected chi connectivity index (χ4v) is 4.05. The summed E-state index contributed by atoms with van der Waals surface area (Å²) in [4.78, 5) is 4.88. The van der Waals surface area contributed by atoms with Gasteiger partial charge in [0.25, 0.3) is 0 Å². The molecule has 1 aliphatic rings. The Morgan fingerprint density at radius 1 is 1.14 bits per heavy atom. The van der Waals surface area contributed by atoms with Gasteiger partial charge in [0, 0.05) is 13.2 Å². The summed E-state index contributed by atoms with van der Waals surface area (Å²) in [6.07, 6.45) is 5.58. The summed E-state index contributed by atoms with van der Waals surface area (Å²) in [5, 5.41) is 0. The largest absolute Gasteiger partial charge is 0.494 e. The first-order chi connectivity index (χ1) is 14.3. The zero-order chi connectivity index (χ0) is 20.1. The van der Waals surface area contributed by atoms with Crippen molar-refractivity contribution in [2.75, 3.05) is 13.2 Å². The molecular formula is C25H32N2O2. The highest BCUT2D eigenvalue weighted by molar-refractivity contribution is 5.76. The zero-order valence-electron chi connectivity index (χ0n) is 17.6. The molecule has 2 atom stereocenters. The summed E-state index contributed by atoms with van der Waals surface area (Å²) in [7, 11) is 0. The van der Waals surface area contributed by atoms with Gasteiger partial charge in [-0.15, -0.1) is 0 Å². The Morgan fingerprint density at radius 3 is 2.72 bits per heavy atom. The van der Waals surface area contributed by atoms with Crippen LogP contribution >= 0.6 is 0 Å². The molecule has 1 aromatic heterocycles. The summed E-state index contributed by atoms with van der Waals surface area (Å²) < 4.78 is 14.2. The lowest BCUT2D eigenvalue weighted by molar-refractivity contribution is 0.102. The smallest absolute Gasteiger partial charge is 0.139 e. The van der Waals surface area contributed by atoms with Crippen LogP contribution in [-0.4, -0.2) is 22.8 Å². The molecule has 0 saturated carbocycles. The lowest BCUT2D eigenvalue weighted by Gasteiger charge is -2.14. The van der Waals surface area contributed by atoms with Crippen LogP contribution in [0.4, 0.5) is 0 Å². The van der Waals surface area contributed by atoms with Gasteiger partial charge in [-0.25, -0.2) is 4.98 Å². The lowest BCUT2D eigenvalue weighted by atomic mass is 9.99. The van der Waals surface area contributed by atoms with E-state index in [2.05, 4.69) is 66.9 Å². The Balaban J connectivity index is 1.32. The van der Waals surface area contributed by atoms with Gasteiger partial charge in [0.15, 0.2) is 0 Å². The molecule has 154 valence electrons. The molecule has 4 nitrogen and oxygen atoms in total. The van der Waals surface area contributed by atoms with E-state index in [9.17, 15) is 0 Å². The van der Waals surface area contributed by atoms with Crippen molar-refractivity contribution in [1.29, 1.82) is 0 Å². The number of para-hydroxylation sites is 2. The van der Waals surface area contributed by atoms with Gasteiger partial charge >= 0.3 is 0 Å². The second-order valence-corrected chi connectivity index (χ2v) is 8.05. The standard InChI is InChI=1S/C25H32N2O2/c1-3-19(2)20-12-14-21(15-13-20)28-17-7-6-16-27-23-10-5-4-9-22(23)26-25(27)24-11-8-18-29-24/h4-5,9-10,12-15,19,24H,3,6-8,11,16-18H2,1-2H3. The Bertz CT molecular complexity index is 910. The summed E-state index contributed by atoms with van der Waals surface area (Å²) >= 11 is 0. The number of hydrogen-bond acceptors (Lipinski definition) is 3. The SMILES string of the molecule is CCC(C)c1ccc(OCCCCn2c(C3CCCO3)nc3ccccc32)cc1. The van der Waals surface area contributed by atoms with E-state index in [1.165, 1.54) is 11.1 Å². The molecule has 0 bridgehead atoms. The average molecular weight is 393 g/mol. The minimum absolute atomic E-state index is 0.141. The van der Waals surface area contributed by atoms with Crippen molar-refractivity contribution in [2.45, 2.75) is 64.5 Å². The van der Waals surface area contributed by atoms with Gasteiger partial charge in [0.05, 0.1) is 17.6 Å². The molecule has 0 radical (unpaired) electrons. The second-order valence-electron chi connectivity index (χ2n) is 8.05. The van der Waals surface area contributed by atoms with Crippen LogP contribution in [0.15, 0.2) is 48.5 Å². The maximum atomic E-state index is 5.96. The molecule has 2 heterocycles. The van der Waals surface area contributed by atoms with Gasteiger partial charge in [-0.3, -0.25) is 0 Å². The Hall–Kier alpha value is -2.33. The Labute approximate surface area is 173 Å². The van der Waals surface area contributed by atoms with E-state index in [1.54, 1.807) is 0 Å². The summed E-state index contributed by atoms with van der Waals surface area (Å²) in [6.45, 7) is 7.03. The average Bonchev–Trinajstić information content (AvgIpc) is 3.41. The summed E-state index contributed by atoms with van der Waals surface area (Å²) in [5.74, 6) is 2.66. The van der Waals surface area contributed by atoms with E-state index in [1.807, 2.05) is 0 Å². The van der Waals surface area contributed by atoms with Gasteiger partial charge in [-0.1, -0.05) is 38.1 Å². The molecule has 2 unspecified atom stereocenters. The Kier molecular flexibility index (Phi) is 6.50. The van der Waals surface area contributed by atoms with Crippen LogP contribution in [0.5, 0.6) is 5.75 Å². The van der Waals surface area contributed by atoms with Gasteiger partial charge in [-0.2, -0.15) is 0 Å². The number of aryl methyl sites for hydroxylation is 1. The maximum absolute atomic E-state index is 5.96. The molecule has 0 amide bonds. The van der Waals surface area contributed by atoms with Gasteiger partial charge in [-0.05, 0) is 67.9 Å². The molecule has 1 saturated heterocycles. The molecule has 1 fully saturated rings. The van der Waals surface area contributed by atoms with Crippen molar-refractivity contribution >= 4 is 11.0 Å². The topological polar surface area (TPSA) is 36.3 Å². The highest BCUT2D eigenvalue weighted by Crippen LogP contribution is 2.31. The number of hydrogen-bond donors (Lipinski definition) is 0. The van der Waals surface area contributed by atoms with E-state index < -0.39 is 0 Å². The Morgan fingerprint density at radius 2 is 1.97 bits per heavy atom. The third kappa shape index (κ3) is 4.64. The van der Waals surface area contributed by atoms with E-state index in [0.29, 0.717) is 5.92 Å². The second kappa shape index (κ2) is 9.45. The molecule has 0 spiro atoms. The molecule has 3 aromatic rings. The number of aromatic nitrogens is 2. The number of fused-ring (bicyclic) bond motifs is 1. The maximum Gasteiger partial charge on any atom is 0.139 e. The molecule has 29 heavy (non-hydrogen) atoms. The van der Waals surface area contributed by atoms with Crippen molar-refractivity contribution in [1.82, 2.24) is 9.55 Å². The molecule has 2 aromatic carbocycles. The molecule has 0 aliphatic carbocycles. The first-order valence-corrected chi connectivity index (χ1v) is 11.1. The van der Waals surface area contributed by atoms with Gasteiger partial charge < -0.3 is 14.0 Å². The van der Waals surface area contributed by atoms with Crippen LogP contribution in [0, 0.1) is 0 Å². The minimum atomic E-state index is 0.141. The van der Waals surface area contributed by atoms with Crippen LogP contribution in [-0.2, 0) is 11.3 Å². The predicted octanol–water partition coefficient (Wildman–Crippen LogP) is 6.26. The molecule has 0 N–H and O–H groups in total. The molecule has 4 heteroatoms. The van der Waals surface area contributed by atoms with Crippen molar-refractivity contribution in [2.24, 2.45) is 0 Å². The van der Waals surface area contributed by atoms with E-state index in [4.69, 9.17) is 14.5 Å². The highest BCUT2D eigenvalue weighted by Gasteiger charge is 2.24. The van der Waals surface area contributed by atoms with E-state index in [0.717, 1.165) is 69.0 Å². The van der Waals surface area contributed by atoms with Crippen LogP contribution in [0.2, 0.25) is 0 Å². The number of unbranched alkanes of at least 4 members (excludes halogenated alkanes) is 1. The van der Waals surface area contributed by atoms with E-state index >= 15 is 0 Å². The summed E-state index contributed by atoms with van der Waals surface area (Å²) in [6, 6.07) is 17.0. The monoisotopic (exact) mass is 392 g/mol. The molecular weight excluding hydrogens is 360 g/mol. The first kappa shape index (κ1) is 20.0. The third-order valence-electron chi connectivity index (χ3n) is 6.01. The normalized spacial score (nSPS) is 17.7. The number of imidazole rings is 1. The number of rotatable bonds is 9. The predicted molar refractivity (Wildman–Crippen MR) is 118 cm³/mol. The van der Waals surface area contributed by atoms with Crippen molar-refractivity contribution < 1.29 is 9.47 Å². The van der Waals surface area contributed by atoms with Crippen LogP contribution in [0.25, 0.3) is 11.0 Å². The van der Waals surface area contributed by atoms with Gasteiger partial charge in [0.2, 0.25) is 0 Å². The van der Waals surface area contributed by atoms with E-state index in [-0.39, 0.29) is 6.10 Å². The number of ether oxygens (including phenoxy) is 2. The zero-order valence-corrected chi connectivity index (χ0v) is 17.6. The fraction of sp³-hybridized carbons (Fsp3) is 0.480. The first-order valence-electron chi connectivity index (χ1n) is 11.1. The van der Waals surface area contributed by atoms with Gasteiger partial charge in [0.1, 0.15) is 17.7 Å². The van der Waals surface area contributed by atoms with Crippen molar-refractivity contribution in [3.8, 4) is 5.75 Å². The van der Waals surface area contributed by atoms with Crippen LogP contribution in [0.3, 0.4) is 0 Å². The molecule has 4 rings (SSSR count). The summed E-state index contributed by atoms with van der Waals surface area (Å²) in [5.41, 5.74) is 3.66. The van der Waals surface area contributed by atoms with Crippen LogP contribution in [0.1, 0.15) is 69.4 Å². The van der Waals surface area contributed by atoms with Crippen molar-refractivity contribution in [3.05, 3.63) is 59.9 Å². The molecule has 1 aliphatic heterocycles. The number of nitrogens with zero attached hydrogens (tertiary/aromatic N) is 2. The quantitative estimate of drug-likeness (QED) is 0.403. The highest BCUT2D eigenvalue weighted by atomic mass is 16.5. The van der Waals surface area contributed by atoms with Crippen LogP contribution < -0.4 is 4.74 Å². The minimum Gasteiger partial charge on any atom is -0.494 e. The number of benzene rings is 2. The van der Waals surface area contributed by atoms with Crippen molar-refractivity contribution in [3.63, 3.8) is 0 Å².